The zero-order chi connectivity index (χ0) is 14.3. The minimum absolute atomic E-state index is 0.0452. The summed E-state index contributed by atoms with van der Waals surface area (Å²) in [4.78, 5) is 25.4. The van der Waals surface area contributed by atoms with Crippen LogP contribution in [0.3, 0.4) is 0 Å². The van der Waals surface area contributed by atoms with Gasteiger partial charge in [0.05, 0.1) is 24.1 Å². The molecule has 6 nitrogen and oxygen atoms in total. The Kier molecular flexibility index (Phi) is 6.48. The largest absolute Gasteiger partial charge is 0.389 e. The number of nitrogens with one attached hydrogen (secondary N) is 1. The van der Waals surface area contributed by atoms with E-state index in [9.17, 15) is 14.7 Å². The number of amides is 2. The van der Waals surface area contributed by atoms with E-state index >= 15 is 0 Å². The number of carbonyl (C=O) groups excluding carboxylic acids is 2. The minimum atomic E-state index is -0.743. The fourth-order valence-electron chi connectivity index (χ4n) is 1.41. The number of aliphatic hydroxyl groups excluding tert-OH is 1. The highest BCUT2D eigenvalue weighted by atomic mass is 32.1. The van der Waals surface area contributed by atoms with Gasteiger partial charge in [0, 0.05) is 20.7 Å². The van der Waals surface area contributed by atoms with E-state index in [-0.39, 0.29) is 31.5 Å². The number of hydrogen-bond donors (Lipinski definition) is 2. The third kappa shape index (κ3) is 5.37. The van der Waals surface area contributed by atoms with E-state index in [1.807, 2.05) is 5.38 Å². The molecule has 106 valence electrons. The third-order valence-electron chi connectivity index (χ3n) is 2.35. The first-order valence-corrected chi connectivity index (χ1v) is 6.65. The van der Waals surface area contributed by atoms with Gasteiger partial charge >= 0.3 is 0 Å². The van der Waals surface area contributed by atoms with Gasteiger partial charge in [0.1, 0.15) is 0 Å². The Bertz CT molecular complexity index is 408. The zero-order valence-corrected chi connectivity index (χ0v) is 11.8. The van der Waals surface area contributed by atoms with Crippen LogP contribution in [-0.2, 0) is 9.53 Å². The maximum atomic E-state index is 11.9. The van der Waals surface area contributed by atoms with E-state index in [4.69, 9.17) is 4.74 Å². The van der Waals surface area contributed by atoms with Crippen LogP contribution >= 0.6 is 11.3 Å². The van der Waals surface area contributed by atoms with E-state index in [2.05, 4.69) is 5.32 Å². The molecule has 0 radical (unpaired) electrons. The molecule has 0 aliphatic carbocycles. The van der Waals surface area contributed by atoms with E-state index in [1.165, 1.54) is 23.3 Å². The van der Waals surface area contributed by atoms with Crippen molar-refractivity contribution in [1.29, 1.82) is 0 Å². The Morgan fingerprint density at radius 3 is 2.89 bits per heavy atom. The molecule has 19 heavy (non-hydrogen) atoms. The molecule has 7 heteroatoms. The fraction of sp³-hybridized carbons (Fsp3) is 0.500. The van der Waals surface area contributed by atoms with Gasteiger partial charge < -0.3 is 20.1 Å². The molecule has 2 amide bonds. The second kappa shape index (κ2) is 7.88. The van der Waals surface area contributed by atoms with Crippen molar-refractivity contribution in [3.05, 3.63) is 22.4 Å². The number of ether oxygens (including phenoxy) is 1. The van der Waals surface area contributed by atoms with Crippen LogP contribution in [0.15, 0.2) is 17.5 Å². The normalized spacial score (nSPS) is 11.9. The molecular formula is C12H18N2O4S. The first-order valence-electron chi connectivity index (χ1n) is 5.77. The molecule has 0 fully saturated rings. The van der Waals surface area contributed by atoms with Crippen molar-refractivity contribution in [1.82, 2.24) is 10.2 Å². The lowest BCUT2D eigenvalue weighted by Gasteiger charge is -2.17. The molecule has 0 aromatic carbocycles. The highest BCUT2D eigenvalue weighted by molar-refractivity contribution is 7.12. The number of methoxy groups -OCH3 is 1. The third-order valence-corrected chi connectivity index (χ3v) is 3.21. The van der Waals surface area contributed by atoms with Crippen LogP contribution in [0.4, 0.5) is 0 Å². The average molecular weight is 286 g/mol. The quantitative estimate of drug-likeness (QED) is 0.736. The van der Waals surface area contributed by atoms with E-state index in [1.54, 1.807) is 19.2 Å². The summed E-state index contributed by atoms with van der Waals surface area (Å²) in [5.41, 5.74) is 0. The topological polar surface area (TPSA) is 78.9 Å². The number of nitrogens with zero attached hydrogens (tertiary/aromatic N) is 1. The molecule has 2 N–H and O–H groups in total. The van der Waals surface area contributed by atoms with Crippen LogP contribution in [0, 0.1) is 0 Å². The SMILES string of the molecule is COCC(O)CNC(=O)CN(C)C(=O)c1cccs1. The number of aliphatic hydroxyl groups is 1. The summed E-state index contributed by atoms with van der Waals surface area (Å²) in [6.45, 7) is 0.217. The monoisotopic (exact) mass is 286 g/mol. The van der Waals surface area contributed by atoms with Crippen molar-refractivity contribution in [2.24, 2.45) is 0 Å². The van der Waals surface area contributed by atoms with Crippen LogP contribution in [0.2, 0.25) is 0 Å². The van der Waals surface area contributed by atoms with Gasteiger partial charge in [-0.05, 0) is 11.4 Å². The molecule has 0 saturated carbocycles. The number of rotatable bonds is 7. The van der Waals surface area contributed by atoms with Crippen LogP contribution in [-0.4, -0.2) is 61.8 Å². The van der Waals surface area contributed by atoms with E-state index in [0.29, 0.717) is 4.88 Å². The Hall–Kier alpha value is -1.44. The second-order valence-electron chi connectivity index (χ2n) is 4.05. The molecule has 0 saturated heterocycles. The van der Waals surface area contributed by atoms with Crippen LogP contribution in [0.5, 0.6) is 0 Å². The van der Waals surface area contributed by atoms with Gasteiger partial charge in [0.25, 0.3) is 5.91 Å². The molecule has 0 aliphatic rings. The summed E-state index contributed by atoms with van der Waals surface area (Å²) < 4.78 is 4.74. The van der Waals surface area contributed by atoms with Crippen molar-refractivity contribution in [3.8, 4) is 0 Å². The van der Waals surface area contributed by atoms with Crippen molar-refractivity contribution in [3.63, 3.8) is 0 Å². The number of thiophene rings is 1. The van der Waals surface area contributed by atoms with Crippen molar-refractivity contribution >= 4 is 23.2 Å². The number of hydrogen-bond acceptors (Lipinski definition) is 5. The molecule has 1 rings (SSSR count). The highest BCUT2D eigenvalue weighted by Gasteiger charge is 2.16. The molecule has 0 bridgehead atoms. The Morgan fingerprint density at radius 1 is 1.58 bits per heavy atom. The standard InChI is InChI=1S/C12H18N2O4S/c1-14(12(17)10-4-3-5-19-10)7-11(16)13-6-9(15)8-18-2/h3-5,9,15H,6-8H2,1-2H3,(H,13,16). The molecule has 0 spiro atoms. The summed E-state index contributed by atoms with van der Waals surface area (Å²) in [6.07, 6.45) is -0.743. The summed E-state index contributed by atoms with van der Waals surface area (Å²) in [6, 6.07) is 3.50. The van der Waals surface area contributed by atoms with Crippen LogP contribution in [0.1, 0.15) is 9.67 Å². The predicted octanol–water partition coefficient (Wildman–Crippen LogP) is -0.0564. The van der Waals surface area contributed by atoms with Crippen molar-refractivity contribution < 1.29 is 19.4 Å². The summed E-state index contributed by atoms with van der Waals surface area (Å²) in [5.74, 6) is -0.509. The highest BCUT2D eigenvalue weighted by Crippen LogP contribution is 2.10. The Morgan fingerprint density at radius 2 is 2.32 bits per heavy atom. The minimum Gasteiger partial charge on any atom is -0.389 e. The molecule has 1 atom stereocenters. The Balaban J connectivity index is 2.34. The summed E-state index contributed by atoms with van der Waals surface area (Å²) in [7, 11) is 3.03. The number of likely N-dealkylation sites (N-methyl/N-ethyl adjacent to an activating group) is 1. The van der Waals surface area contributed by atoms with Crippen LogP contribution in [0.25, 0.3) is 0 Å². The van der Waals surface area contributed by atoms with Crippen molar-refractivity contribution in [2.75, 3.05) is 33.9 Å². The average Bonchev–Trinajstić information content (AvgIpc) is 2.89. The molecule has 1 aromatic heterocycles. The molecular weight excluding hydrogens is 268 g/mol. The van der Waals surface area contributed by atoms with E-state index < -0.39 is 6.10 Å². The van der Waals surface area contributed by atoms with Gasteiger partial charge in [-0.2, -0.15) is 0 Å². The molecule has 1 aromatic rings. The first kappa shape index (κ1) is 15.6. The van der Waals surface area contributed by atoms with Gasteiger partial charge in [-0.15, -0.1) is 11.3 Å². The first-order chi connectivity index (χ1) is 9.04. The molecule has 0 aliphatic heterocycles. The molecule has 1 unspecified atom stereocenters. The summed E-state index contributed by atoms with van der Waals surface area (Å²) >= 11 is 1.33. The van der Waals surface area contributed by atoms with Crippen LogP contribution < -0.4 is 5.32 Å². The lowest BCUT2D eigenvalue weighted by molar-refractivity contribution is -0.122. The lowest BCUT2D eigenvalue weighted by Crippen LogP contribution is -2.41. The smallest absolute Gasteiger partial charge is 0.264 e. The van der Waals surface area contributed by atoms with Gasteiger partial charge in [-0.25, -0.2) is 0 Å². The second-order valence-corrected chi connectivity index (χ2v) is 5.00. The van der Waals surface area contributed by atoms with Gasteiger partial charge in [0.2, 0.25) is 5.91 Å². The predicted molar refractivity (Wildman–Crippen MR) is 72.2 cm³/mol. The maximum Gasteiger partial charge on any atom is 0.264 e. The lowest BCUT2D eigenvalue weighted by atomic mass is 10.3. The van der Waals surface area contributed by atoms with E-state index in [0.717, 1.165) is 0 Å². The molecule has 1 heterocycles. The summed E-state index contributed by atoms with van der Waals surface area (Å²) in [5, 5.41) is 13.7. The van der Waals surface area contributed by atoms with Gasteiger partial charge in [0.15, 0.2) is 0 Å². The zero-order valence-electron chi connectivity index (χ0n) is 11.0. The van der Waals surface area contributed by atoms with Crippen molar-refractivity contribution in [2.45, 2.75) is 6.10 Å². The fourth-order valence-corrected chi connectivity index (χ4v) is 2.13. The maximum absolute atomic E-state index is 11.9. The number of carbonyl (C=O) groups is 2. The van der Waals surface area contributed by atoms with Gasteiger partial charge in [-0.3, -0.25) is 9.59 Å². The van der Waals surface area contributed by atoms with Gasteiger partial charge in [-0.1, -0.05) is 6.07 Å². The Labute approximate surface area is 116 Å².